The number of carbonyl (C=O) groups is 2. The summed E-state index contributed by atoms with van der Waals surface area (Å²) in [7, 11) is 0. The molecule has 2 rings (SSSR count). The normalized spacial score (nSPS) is 19.2. The lowest BCUT2D eigenvalue weighted by Gasteiger charge is -2.20. The van der Waals surface area contributed by atoms with Gasteiger partial charge in [0.2, 0.25) is 11.8 Å². The average molecular weight is 268 g/mol. The van der Waals surface area contributed by atoms with E-state index in [0.29, 0.717) is 12.2 Å². The van der Waals surface area contributed by atoms with Crippen LogP contribution >= 0.6 is 11.8 Å². The zero-order valence-electron chi connectivity index (χ0n) is 9.61. The summed E-state index contributed by atoms with van der Waals surface area (Å²) < 4.78 is 12.9. The van der Waals surface area contributed by atoms with Gasteiger partial charge in [-0.15, -0.1) is 11.8 Å². The summed E-state index contributed by atoms with van der Waals surface area (Å²) in [5.74, 6) is 0.0114. The van der Waals surface area contributed by atoms with Gasteiger partial charge < -0.3 is 10.6 Å². The fourth-order valence-corrected chi connectivity index (χ4v) is 2.67. The molecule has 1 aromatic carbocycles. The molecular formula is C12H13FN2O2S. The van der Waals surface area contributed by atoms with E-state index in [4.69, 9.17) is 0 Å². The predicted octanol–water partition coefficient (Wildman–Crippen LogP) is 1.39. The molecule has 2 N–H and O–H groups in total. The molecule has 0 unspecified atom stereocenters. The van der Waals surface area contributed by atoms with E-state index in [1.807, 2.05) is 0 Å². The Morgan fingerprint density at radius 2 is 2.39 bits per heavy atom. The van der Waals surface area contributed by atoms with Gasteiger partial charge in [-0.3, -0.25) is 9.59 Å². The summed E-state index contributed by atoms with van der Waals surface area (Å²) in [5.41, 5.74) is 0.404. The minimum atomic E-state index is -0.405. The van der Waals surface area contributed by atoms with Crippen molar-refractivity contribution in [2.24, 2.45) is 0 Å². The maximum absolute atomic E-state index is 12.9. The minimum absolute atomic E-state index is 0.104. The third kappa shape index (κ3) is 3.46. The third-order valence-corrected chi connectivity index (χ3v) is 3.71. The molecule has 0 aromatic heterocycles. The highest BCUT2D eigenvalue weighted by molar-refractivity contribution is 8.00. The number of hydrogen-bond acceptors (Lipinski definition) is 3. The molecule has 0 saturated carbocycles. The van der Waals surface area contributed by atoms with Gasteiger partial charge in [-0.1, -0.05) is 6.07 Å². The Bertz CT molecular complexity index is 467. The Morgan fingerprint density at radius 1 is 1.56 bits per heavy atom. The van der Waals surface area contributed by atoms with E-state index in [9.17, 15) is 14.0 Å². The average Bonchev–Trinajstić information content (AvgIpc) is 2.32. The van der Waals surface area contributed by atoms with Crippen LogP contribution in [0.2, 0.25) is 0 Å². The van der Waals surface area contributed by atoms with Gasteiger partial charge in [0.05, 0.1) is 5.25 Å². The number of halogens is 1. The maximum atomic E-state index is 12.9. The molecule has 6 heteroatoms. The molecule has 1 aromatic rings. The van der Waals surface area contributed by atoms with E-state index in [0.717, 1.165) is 5.75 Å². The Balaban J connectivity index is 1.90. The molecule has 1 saturated heterocycles. The van der Waals surface area contributed by atoms with E-state index < -0.39 is 5.82 Å². The van der Waals surface area contributed by atoms with Crippen molar-refractivity contribution in [1.82, 2.24) is 5.32 Å². The monoisotopic (exact) mass is 268 g/mol. The summed E-state index contributed by atoms with van der Waals surface area (Å²) in [6.45, 7) is 0.644. The summed E-state index contributed by atoms with van der Waals surface area (Å²) >= 11 is 1.47. The van der Waals surface area contributed by atoms with Gasteiger partial charge >= 0.3 is 0 Å². The van der Waals surface area contributed by atoms with Gasteiger partial charge in [-0.2, -0.15) is 0 Å². The van der Waals surface area contributed by atoms with E-state index >= 15 is 0 Å². The van der Waals surface area contributed by atoms with Gasteiger partial charge in [-0.05, 0) is 18.2 Å². The number of rotatable bonds is 3. The predicted molar refractivity (Wildman–Crippen MR) is 68.9 cm³/mol. The van der Waals surface area contributed by atoms with Gasteiger partial charge in [-0.25, -0.2) is 4.39 Å². The number of nitrogens with one attached hydrogen (secondary N) is 2. The van der Waals surface area contributed by atoms with E-state index in [2.05, 4.69) is 10.6 Å². The van der Waals surface area contributed by atoms with Crippen molar-refractivity contribution < 1.29 is 14.0 Å². The van der Waals surface area contributed by atoms with Crippen LogP contribution in [-0.4, -0.2) is 29.4 Å². The van der Waals surface area contributed by atoms with Crippen LogP contribution < -0.4 is 10.6 Å². The first-order valence-corrected chi connectivity index (χ1v) is 6.65. The summed E-state index contributed by atoms with van der Waals surface area (Å²) in [6.07, 6.45) is 0.104. The fraction of sp³-hybridized carbons (Fsp3) is 0.333. The highest BCUT2D eigenvalue weighted by Gasteiger charge is 2.25. The lowest BCUT2D eigenvalue weighted by molar-refractivity contribution is -0.123. The summed E-state index contributed by atoms with van der Waals surface area (Å²) in [6, 6.07) is 5.67. The van der Waals surface area contributed by atoms with Crippen LogP contribution in [0.4, 0.5) is 10.1 Å². The van der Waals surface area contributed by atoms with Crippen LogP contribution in [0.5, 0.6) is 0 Å². The molecule has 0 spiro atoms. The lowest BCUT2D eigenvalue weighted by atomic mass is 10.2. The zero-order chi connectivity index (χ0) is 13.0. The van der Waals surface area contributed by atoms with Crippen molar-refractivity contribution in [1.29, 1.82) is 0 Å². The first-order valence-electron chi connectivity index (χ1n) is 5.60. The molecular weight excluding hydrogens is 255 g/mol. The molecule has 1 atom stereocenters. The Kier molecular flexibility index (Phi) is 4.19. The standard InChI is InChI=1S/C12H13FN2O2S/c13-8-2-1-3-9(6-8)15-11(16)7-10-12(17)14-4-5-18-10/h1-3,6,10H,4-5,7H2,(H,14,17)(H,15,16)/t10-/m0/s1. The van der Waals surface area contributed by atoms with Crippen molar-refractivity contribution in [3.63, 3.8) is 0 Å². The van der Waals surface area contributed by atoms with E-state index in [1.54, 1.807) is 6.07 Å². The number of carbonyl (C=O) groups excluding carboxylic acids is 2. The van der Waals surface area contributed by atoms with Crippen molar-refractivity contribution >= 4 is 29.3 Å². The second-order valence-electron chi connectivity index (χ2n) is 3.91. The maximum Gasteiger partial charge on any atom is 0.233 e. The first kappa shape index (κ1) is 12.9. The smallest absolute Gasteiger partial charge is 0.233 e. The molecule has 1 fully saturated rings. The lowest BCUT2D eigenvalue weighted by Crippen LogP contribution is -2.40. The molecule has 96 valence electrons. The molecule has 1 heterocycles. The highest BCUT2D eigenvalue weighted by atomic mass is 32.2. The minimum Gasteiger partial charge on any atom is -0.354 e. The molecule has 18 heavy (non-hydrogen) atoms. The van der Waals surface area contributed by atoms with Gasteiger partial charge in [0.25, 0.3) is 0 Å². The summed E-state index contributed by atoms with van der Waals surface area (Å²) in [5, 5.41) is 4.93. The molecule has 4 nitrogen and oxygen atoms in total. The van der Waals surface area contributed by atoms with Gasteiger partial charge in [0, 0.05) is 24.4 Å². The second-order valence-corrected chi connectivity index (χ2v) is 5.22. The fourth-order valence-electron chi connectivity index (χ4n) is 1.66. The Labute approximate surface area is 108 Å². The number of anilines is 1. The summed E-state index contributed by atoms with van der Waals surface area (Å²) in [4.78, 5) is 23.2. The first-order chi connectivity index (χ1) is 8.65. The zero-order valence-corrected chi connectivity index (χ0v) is 10.4. The molecule has 1 aliphatic rings. The quantitative estimate of drug-likeness (QED) is 0.871. The van der Waals surface area contributed by atoms with Crippen LogP contribution in [0.25, 0.3) is 0 Å². The van der Waals surface area contributed by atoms with Crippen molar-refractivity contribution in [2.45, 2.75) is 11.7 Å². The molecule has 0 radical (unpaired) electrons. The molecule has 2 amide bonds. The van der Waals surface area contributed by atoms with Crippen LogP contribution in [0.1, 0.15) is 6.42 Å². The molecule has 0 aliphatic carbocycles. The second kappa shape index (κ2) is 5.86. The van der Waals surface area contributed by atoms with E-state index in [1.165, 1.54) is 30.0 Å². The molecule has 0 bridgehead atoms. The van der Waals surface area contributed by atoms with E-state index in [-0.39, 0.29) is 23.5 Å². The number of thioether (sulfide) groups is 1. The third-order valence-electron chi connectivity index (χ3n) is 2.49. The largest absolute Gasteiger partial charge is 0.354 e. The topological polar surface area (TPSA) is 58.2 Å². The van der Waals surface area contributed by atoms with Crippen molar-refractivity contribution in [3.05, 3.63) is 30.1 Å². The van der Waals surface area contributed by atoms with Crippen LogP contribution in [0.3, 0.4) is 0 Å². The van der Waals surface area contributed by atoms with Crippen molar-refractivity contribution in [3.8, 4) is 0 Å². The molecule has 1 aliphatic heterocycles. The van der Waals surface area contributed by atoms with Gasteiger partial charge in [0.15, 0.2) is 0 Å². The SMILES string of the molecule is O=C(C[C@@H]1SCCNC1=O)Nc1cccc(F)c1. The van der Waals surface area contributed by atoms with Crippen LogP contribution in [0, 0.1) is 5.82 Å². The van der Waals surface area contributed by atoms with Crippen LogP contribution in [-0.2, 0) is 9.59 Å². The number of hydrogen-bond donors (Lipinski definition) is 2. The van der Waals surface area contributed by atoms with Crippen molar-refractivity contribution in [2.75, 3.05) is 17.6 Å². The van der Waals surface area contributed by atoms with Gasteiger partial charge in [0.1, 0.15) is 5.82 Å². The number of benzene rings is 1. The Hall–Kier alpha value is -1.56. The highest BCUT2D eigenvalue weighted by Crippen LogP contribution is 2.19. The Morgan fingerprint density at radius 3 is 3.11 bits per heavy atom. The van der Waals surface area contributed by atoms with Crippen LogP contribution in [0.15, 0.2) is 24.3 Å². The number of amides is 2.